The van der Waals surface area contributed by atoms with Crippen LogP contribution in [0.4, 0.5) is 0 Å². The van der Waals surface area contributed by atoms with Crippen LogP contribution in [0.25, 0.3) is 5.65 Å². The van der Waals surface area contributed by atoms with Crippen molar-refractivity contribution < 1.29 is 9.21 Å². The van der Waals surface area contributed by atoms with E-state index in [0.29, 0.717) is 25.4 Å². The molecule has 1 saturated carbocycles. The number of nitrogens with zero attached hydrogens (tertiary/aromatic N) is 4. The molecule has 0 N–H and O–H groups in total. The summed E-state index contributed by atoms with van der Waals surface area (Å²) < 4.78 is 7.96. The van der Waals surface area contributed by atoms with Crippen LogP contribution in [0.3, 0.4) is 0 Å². The second-order valence-corrected chi connectivity index (χ2v) is 7.43. The predicted octanol–water partition coefficient (Wildman–Crippen LogP) is 3.03. The Balaban J connectivity index is 1.33. The fraction of sp³-hybridized carbons (Fsp3) is 0.450. The minimum absolute atomic E-state index is 0.118. The van der Waals surface area contributed by atoms with Gasteiger partial charge in [0.1, 0.15) is 17.1 Å². The van der Waals surface area contributed by atoms with Gasteiger partial charge in [-0.2, -0.15) is 0 Å². The van der Waals surface area contributed by atoms with Gasteiger partial charge >= 0.3 is 0 Å². The van der Waals surface area contributed by atoms with Gasteiger partial charge < -0.3 is 13.7 Å². The first kappa shape index (κ1) is 15.6. The molecule has 3 aromatic rings. The average molecular weight is 350 g/mol. The molecule has 0 radical (unpaired) electrons. The van der Waals surface area contributed by atoms with Crippen LogP contribution < -0.4 is 0 Å². The number of imidazole rings is 1. The number of hydrogen-bond donors (Lipinski definition) is 0. The largest absolute Gasteiger partial charge is 0.445 e. The summed E-state index contributed by atoms with van der Waals surface area (Å²) >= 11 is 0. The number of amides is 1. The molecule has 3 aromatic heterocycles. The van der Waals surface area contributed by atoms with Gasteiger partial charge in [-0.3, -0.25) is 4.79 Å². The number of aryl methyl sites for hydroxylation is 1. The molecule has 6 heteroatoms. The topological polar surface area (TPSA) is 63.6 Å². The van der Waals surface area contributed by atoms with Gasteiger partial charge in [-0.25, -0.2) is 9.97 Å². The molecule has 0 spiro atoms. The number of hydrogen-bond acceptors (Lipinski definition) is 4. The van der Waals surface area contributed by atoms with Crippen molar-refractivity contribution in [1.82, 2.24) is 19.3 Å². The molecule has 4 heterocycles. The Labute approximate surface area is 151 Å². The molecule has 0 aromatic carbocycles. The first-order chi connectivity index (χ1) is 12.7. The standard InChI is InChI=1S/C20H22N4O2/c1-13-4-3-8-24-15(11-21-19(13)24)10-18(25)23-9-7-17-16(12-23)22-20(26-17)14-5-2-6-14/h3-4,8,11,14H,2,5-7,9-10,12H2,1H3. The van der Waals surface area contributed by atoms with Crippen molar-refractivity contribution >= 4 is 11.6 Å². The first-order valence-corrected chi connectivity index (χ1v) is 9.37. The fourth-order valence-corrected chi connectivity index (χ4v) is 3.86. The smallest absolute Gasteiger partial charge is 0.228 e. The lowest BCUT2D eigenvalue weighted by Crippen LogP contribution is -2.37. The molecular weight excluding hydrogens is 328 g/mol. The molecule has 1 amide bonds. The summed E-state index contributed by atoms with van der Waals surface area (Å²) in [6, 6.07) is 4.02. The van der Waals surface area contributed by atoms with E-state index in [9.17, 15) is 4.79 Å². The third-order valence-electron chi connectivity index (χ3n) is 5.69. The van der Waals surface area contributed by atoms with E-state index in [4.69, 9.17) is 4.42 Å². The van der Waals surface area contributed by atoms with E-state index >= 15 is 0 Å². The maximum Gasteiger partial charge on any atom is 0.228 e. The zero-order valence-electron chi connectivity index (χ0n) is 14.9. The second kappa shape index (κ2) is 5.97. The summed E-state index contributed by atoms with van der Waals surface area (Å²) in [5.74, 6) is 2.47. The minimum Gasteiger partial charge on any atom is -0.445 e. The van der Waals surface area contributed by atoms with Crippen molar-refractivity contribution in [3.63, 3.8) is 0 Å². The van der Waals surface area contributed by atoms with E-state index in [0.717, 1.165) is 40.7 Å². The second-order valence-electron chi connectivity index (χ2n) is 7.43. The Bertz CT molecular complexity index is 983. The number of oxazole rings is 1. The highest BCUT2D eigenvalue weighted by Crippen LogP contribution is 2.37. The summed E-state index contributed by atoms with van der Waals surface area (Å²) in [5, 5.41) is 0. The molecule has 0 bridgehead atoms. The third kappa shape index (κ3) is 2.52. The lowest BCUT2D eigenvalue weighted by Gasteiger charge is -2.25. The van der Waals surface area contributed by atoms with Gasteiger partial charge in [0.15, 0.2) is 5.89 Å². The number of aromatic nitrogens is 3. The van der Waals surface area contributed by atoms with E-state index in [1.807, 2.05) is 34.6 Å². The maximum atomic E-state index is 12.8. The summed E-state index contributed by atoms with van der Waals surface area (Å²) in [5.41, 5.74) is 3.90. The number of carbonyl (C=O) groups is 1. The molecule has 0 unspecified atom stereocenters. The quantitative estimate of drug-likeness (QED) is 0.728. The van der Waals surface area contributed by atoms with Crippen LogP contribution in [0, 0.1) is 6.92 Å². The summed E-state index contributed by atoms with van der Waals surface area (Å²) in [4.78, 5) is 23.9. The van der Waals surface area contributed by atoms with Crippen molar-refractivity contribution in [2.75, 3.05) is 6.54 Å². The van der Waals surface area contributed by atoms with Gasteiger partial charge in [-0.1, -0.05) is 12.5 Å². The Morgan fingerprint density at radius 2 is 2.27 bits per heavy atom. The molecular formula is C20H22N4O2. The molecule has 6 nitrogen and oxygen atoms in total. The molecule has 0 atom stereocenters. The van der Waals surface area contributed by atoms with Crippen molar-refractivity contribution in [2.45, 2.75) is 51.5 Å². The molecule has 1 aliphatic heterocycles. The van der Waals surface area contributed by atoms with Crippen LogP contribution in [0.2, 0.25) is 0 Å². The van der Waals surface area contributed by atoms with Crippen LogP contribution in [0.15, 0.2) is 28.9 Å². The van der Waals surface area contributed by atoms with Gasteiger partial charge in [0.05, 0.1) is 18.7 Å². The fourth-order valence-electron chi connectivity index (χ4n) is 3.86. The van der Waals surface area contributed by atoms with E-state index in [-0.39, 0.29) is 5.91 Å². The zero-order chi connectivity index (χ0) is 17.7. The van der Waals surface area contributed by atoms with Gasteiger partial charge in [0.25, 0.3) is 0 Å². The lowest BCUT2D eigenvalue weighted by atomic mass is 9.85. The van der Waals surface area contributed by atoms with Gasteiger partial charge in [0.2, 0.25) is 5.91 Å². The highest BCUT2D eigenvalue weighted by molar-refractivity contribution is 5.79. The minimum atomic E-state index is 0.118. The van der Waals surface area contributed by atoms with Crippen molar-refractivity contribution in [1.29, 1.82) is 0 Å². The number of carbonyl (C=O) groups excluding carboxylic acids is 1. The molecule has 2 aliphatic rings. The third-order valence-corrected chi connectivity index (χ3v) is 5.69. The maximum absolute atomic E-state index is 12.8. The van der Waals surface area contributed by atoms with Crippen molar-refractivity contribution in [3.05, 3.63) is 53.1 Å². The van der Waals surface area contributed by atoms with Crippen LogP contribution >= 0.6 is 0 Å². The zero-order valence-corrected chi connectivity index (χ0v) is 14.9. The van der Waals surface area contributed by atoms with Gasteiger partial charge in [0, 0.05) is 31.3 Å². The first-order valence-electron chi connectivity index (χ1n) is 9.37. The van der Waals surface area contributed by atoms with E-state index in [2.05, 4.69) is 9.97 Å². The Morgan fingerprint density at radius 1 is 1.38 bits per heavy atom. The monoisotopic (exact) mass is 350 g/mol. The molecule has 1 aliphatic carbocycles. The molecule has 1 fully saturated rings. The highest BCUT2D eigenvalue weighted by atomic mass is 16.4. The normalized spacial score (nSPS) is 17.3. The van der Waals surface area contributed by atoms with Crippen LogP contribution in [-0.2, 0) is 24.2 Å². The van der Waals surface area contributed by atoms with Gasteiger partial charge in [-0.15, -0.1) is 0 Å². The van der Waals surface area contributed by atoms with Crippen molar-refractivity contribution in [2.24, 2.45) is 0 Å². The summed E-state index contributed by atoms with van der Waals surface area (Å²) in [7, 11) is 0. The molecule has 0 saturated heterocycles. The molecule has 5 rings (SSSR count). The van der Waals surface area contributed by atoms with E-state index in [1.165, 1.54) is 19.3 Å². The average Bonchev–Trinajstić information content (AvgIpc) is 3.17. The van der Waals surface area contributed by atoms with E-state index in [1.54, 1.807) is 6.20 Å². The number of pyridine rings is 1. The Kier molecular flexibility index (Phi) is 3.58. The predicted molar refractivity (Wildman–Crippen MR) is 95.8 cm³/mol. The van der Waals surface area contributed by atoms with E-state index < -0.39 is 0 Å². The molecule has 26 heavy (non-hydrogen) atoms. The Hall–Kier alpha value is -2.63. The van der Waals surface area contributed by atoms with Crippen molar-refractivity contribution in [3.8, 4) is 0 Å². The lowest BCUT2D eigenvalue weighted by molar-refractivity contribution is -0.131. The van der Waals surface area contributed by atoms with Crippen LogP contribution in [0.5, 0.6) is 0 Å². The van der Waals surface area contributed by atoms with Gasteiger partial charge in [-0.05, 0) is 31.4 Å². The Morgan fingerprint density at radius 3 is 3.08 bits per heavy atom. The van der Waals surface area contributed by atoms with Crippen LogP contribution in [-0.4, -0.2) is 31.7 Å². The SMILES string of the molecule is Cc1cccn2c(CC(=O)N3CCc4oc(C5CCC5)nc4C3)cnc12. The number of fused-ring (bicyclic) bond motifs is 2. The summed E-state index contributed by atoms with van der Waals surface area (Å²) in [6.07, 6.45) is 8.50. The molecule has 134 valence electrons. The van der Waals surface area contributed by atoms with Crippen LogP contribution in [0.1, 0.15) is 53.8 Å². The highest BCUT2D eigenvalue weighted by Gasteiger charge is 2.30. The summed E-state index contributed by atoms with van der Waals surface area (Å²) in [6.45, 7) is 3.28. The number of rotatable bonds is 3.